The van der Waals surface area contributed by atoms with Gasteiger partial charge in [0.2, 0.25) is 15.9 Å². The molecule has 0 bridgehead atoms. The van der Waals surface area contributed by atoms with E-state index in [0.29, 0.717) is 37.2 Å². The molecule has 1 aliphatic heterocycles. The van der Waals surface area contributed by atoms with Crippen molar-refractivity contribution in [3.05, 3.63) is 63.8 Å². The minimum Gasteiger partial charge on any atom is -0.352 e. The Morgan fingerprint density at radius 2 is 1.81 bits per heavy atom. The number of nitrogens with zero attached hydrogens (tertiary/aromatic N) is 2. The van der Waals surface area contributed by atoms with Gasteiger partial charge in [0.15, 0.2) is 0 Å². The zero-order chi connectivity index (χ0) is 22.9. The Morgan fingerprint density at radius 1 is 1.12 bits per heavy atom. The second kappa shape index (κ2) is 9.17. The number of fused-ring (bicyclic) bond motifs is 1. The van der Waals surface area contributed by atoms with Crippen molar-refractivity contribution in [2.45, 2.75) is 44.2 Å². The molecule has 0 atom stereocenters. The van der Waals surface area contributed by atoms with E-state index in [2.05, 4.69) is 5.32 Å². The van der Waals surface area contributed by atoms with Gasteiger partial charge in [-0.15, -0.1) is 0 Å². The lowest BCUT2D eigenvalue weighted by molar-refractivity contribution is -0.126. The monoisotopic (exact) mass is 473 g/mol. The van der Waals surface area contributed by atoms with E-state index in [1.54, 1.807) is 22.8 Å². The van der Waals surface area contributed by atoms with E-state index >= 15 is 0 Å². The first-order valence-corrected chi connectivity index (χ1v) is 13.0. The van der Waals surface area contributed by atoms with Crippen LogP contribution in [0.4, 0.5) is 0 Å². The van der Waals surface area contributed by atoms with E-state index in [-0.39, 0.29) is 27.6 Å². The predicted octanol–water partition coefficient (Wildman–Crippen LogP) is 3.36. The molecule has 1 aliphatic rings. The number of amides is 1. The number of thiazole rings is 1. The van der Waals surface area contributed by atoms with Gasteiger partial charge in [-0.25, -0.2) is 8.42 Å². The van der Waals surface area contributed by atoms with Gasteiger partial charge in [-0.1, -0.05) is 41.7 Å². The van der Waals surface area contributed by atoms with Gasteiger partial charge >= 0.3 is 4.87 Å². The molecule has 32 heavy (non-hydrogen) atoms. The predicted molar refractivity (Wildman–Crippen MR) is 126 cm³/mol. The van der Waals surface area contributed by atoms with Gasteiger partial charge in [0.1, 0.15) is 0 Å². The Bertz CT molecular complexity index is 1270. The molecule has 170 valence electrons. The Hall–Kier alpha value is -2.49. The van der Waals surface area contributed by atoms with E-state index in [1.807, 2.05) is 44.2 Å². The smallest absolute Gasteiger partial charge is 0.308 e. The molecule has 7 nitrogen and oxygen atoms in total. The van der Waals surface area contributed by atoms with Gasteiger partial charge in [-0.3, -0.25) is 14.2 Å². The van der Waals surface area contributed by atoms with E-state index in [0.717, 1.165) is 22.4 Å². The minimum absolute atomic E-state index is 0.00534. The highest BCUT2D eigenvalue weighted by Gasteiger charge is 2.32. The molecule has 1 saturated heterocycles. The molecule has 0 radical (unpaired) electrons. The Morgan fingerprint density at radius 3 is 2.47 bits per heavy atom. The molecular formula is C23H27N3O4S2. The number of carbonyl (C=O) groups excluding carboxylic acids is 1. The van der Waals surface area contributed by atoms with Crippen molar-refractivity contribution in [3.63, 3.8) is 0 Å². The molecule has 0 aliphatic carbocycles. The second-order valence-corrected chi connectivity index (χ2v) is 11.3. The number of nitrogens with one attached hydrogen (secondary N) is 1. The van der Waals surface area contributed by atoms with Crippen LogP contribution in [-0.4, -0.2) is 36.3 Å². The van der Waals surface area contributed by atoms with Gasteiger partial charge in [0, 0.05) is 31.6 Å². The summed E-state index contributed by atoms with van der Waals surface area (Å²) in [6.45, 7) is 4.92. The normalized spacial score (nSPS) is 16.0. The number of benzene rings is 2. The van der Waals surface area contributed by atoms with Gasteiger partial charge in [-0.2, -0.15) is 4.31 Å². The Kier molecular flexibility index (Phi) is 6.50. The summed E-state index contributed by atoms with van der Waals surface area (Å²) in [5.74, 6) is -0.231. The molecule has 0 saturated carbocycles. The number of sulfonamides is 1. The Balaban J connectivity index is 1.42. The molecule has 0 spiro atoms. The van der Waals surface area contributed by atoms with Crippen molar-refractivity contribution in [2.24, 2.45) is 5.92 Å². The third kappa shape index (κ3) is 4.51. The largest absolute Gasteiger partial charge is 0.352 e. The van der Waals surface area contributed by atoms with Crippen molar-refractivity contribution in [1.82, 2.24) is 14.2 Å². The average molecular weight is 474 g/mol. The van der Waals surface area contributed by atoms with Gasteiger partial charge in [-0.05, 0) is 50.5 Å². The lowest BCUT2D eigenvalue weighted by Gasteiger charge is -2.30. The zero-order valence-electron chi connectivity index (χ0n) is 18.2. The average Bonchev–Trinajstić information content (AvgIpc) is 3.13. The van der Waals surface area contributed by atoms with Crippen LogP contribution in [-0.2, 0) is 21.4 Å². The van der Waals surface area contributed by atoms with Gasteiger partial charge < -0.3 is 5.32 Å². The highest BCUT2D eigenvalue weighted by molar-refractivity contribution is 7.89. The Labute approximate surface area is 191 Å². The molecule has 1 N–H and O–H groups in total. The first kappa shape index (κ1) is 22.7. The summed E-state index contributed by atoms with van der Waals surface area (Å²) in [5, 5.41) is 2.95. The summed E-state index contributed by atoms with van der Waals surface area (Å²) < 4.78 is 30.2. The van der Waals surface area contributed by atoms with Crippen LogP contribution in [0.2, 0.25) is 0 Å². The SMILES string of the molecule is CC(C)n1c(=O)sc2cc(S(=O)(=O)N3CCC(C(=O)NCc4ccccc4)CC3)ccc21. The van der Waals surface area contributed by atoms with Crippen molar-refractivity contribution in [2.75, 3.05) is 13.1 Å². The fourth-order valence-corrected chi connectivity index (χ4v) is 6.73. The number of aromatic nitrogens is 1. The molecule has 2 aromatic carbocycles. The van der Waals surface area contributed by atoms with Gasteiger partial charge in [0.25, 0.3) is 0 Å². The summed E-state index contributed by atoms with van der Waals surface area (Å²) in [5.41, 5.74) is 1.78. The van der Waals surface area contributed by atoms with E-state index in [1.165, 1.54) is 4.31 Å². The van der Waals surface area contributed by atoms with Crippen LogP contribution in [0.25, 0.3) is 10.2 Å². The minimum atomic E-state index is -3.68. The number of hydrogen-bond acceptors (Lipinski definition) is 5. The molecule has 9 heteroatoms. The highest BCUT2D eigenvalue weighted by Crippen LogP contribution is 2.28. The topological polar surface area (TPSA) is 88.5 Å². The van der Waals surface area contributed by atoms with Gasteiger partial charge in [0.05, 0.1) is 15.1 Å². The quantitative estimate of drug-likeness (QED) is 0.595. The maximum atomic E-state index is 13.2. The molecule has 3 aromatic rings. The first-order valence-electron chi connectivity index (χ1n) is 10.7. The lowest BCUT2D eigenvalue weighted by Crippen LogP contribution is -2.42. The molecule has 1 amide bonds. The van der Waals surface area contributed by atoms with Crippen LogP contribution in [0, 0.1) is 5.92 Å². The molecule has 1 fully saturated rings. The summed E-state index contributed by atoms with van der Waals surface area (Å²) in [6.07, 6.45) is 0.971. The molecular weight excluding hydrogens is 446 g/mol. The second-order valence-electron chi connectivity index (χ2n) is 8.34. The summed E-state index contributed by atoms with van der Waals surface area (Å²) >= 11 is 1.06. The van der Waals surface area contributed by atoms with Crippen LogP contribution in [0.3, 0.4) is 0 Å². The molecule has 1 aromatic heterocycles. The van der Waals surface area contributed by atoms with E-state index in [4.69, 9.17) is 0 Å². The molecule has 0 unspecified atom stereocenters. The number of hydrogen-bond donors (Lipinski definition) is 1. The van der Waals surface area contributed by atoms with Crippen LogP contribution in [0.1, 0.15) is 38.3 Å². The summed E-state index contributed by atoms with van der Waals surface area (Å²) in [4.78, 5) is 24.9. The highest BCUT2D eigenvalue weighted by atomic mass is 32.2. The zero-order valence-corrected chi connectivity index (χ0v) is 19.8. The third-order valence-electron chi connectivity index (χ3n) is 5.87. The number of rotatable bonds is 6. The van der Waals surface area contributed by atoms with Crippen molar-refractivity contribution >= 4 is 37.5 Å². The molecule has 4 rings (SSSR count). The maximum Gasteiger partial charge on any atom is 0.308 e. The standard InChI is InChI=1S/C23H27N3O4S2/c1-16(2)26-20-9-8-19(14-21(20)31-23(26)28)32(29,30)25-12-10-18(11-13-25)22(27)24-15-17-6-4-3-5-7-17/h3-9,14,16,18H,10-13,15H2,1-2H3,(H,24,27). The van der Waals surface area contributed by atoms with Crippen LogP contribution < -0.4 is 10.2 Å². The van der Waals surface area contributed by atoms with Crippen LogP contribution in [0.15, 0.2) is 58.2 Å². The van der Waals surface area contributed by atoms with Crippen molar-refractivity contribution < 1.29 is 13.2 Å². The maximum absolute atomic E-state index is 13.2. The van der Waals surface area contributed by atoms with E-state index in [9.17, 15) is 18.0 Å². The summed E-state index contributed by atoms with van der Waals surface area (Å²) in [7, 11) is -3.68. The van der Waals surface area contributed by atoms with Crippen molar-refractivity contribution in [3.8, 4) is 0 Å². The third-order valence-corrected chi connectivity index (χ3v) is 8.69. The van der Waals surface area contributed by atoms with Crippen LogP contribution in [0.5, 0.6) is 0 Å². The number of piperidine rings is 1. The molecule has 2 heterocycles. The fraction of sp³-hybridized carbons (Fsp3) is 0.391. The summed E-state index contributed by atoms with van der Waals surface area (Å²) in [6, 6.07) is 14.6. The first-order chi connectivity index (χ1) is 15.3. The van der Waals surface area contributed by atoms with Crippen molar-refractivity contribution in [1.29, 1.82) is 0 Å². The lowest BCUT2D eigenvalue weighted by atomic mass is 9.97. The van der Waals surface area contributed by atoms with Crippen LogP contribution >= 0.6 is 11.3 Å². The fourth-order valence-electron chi connectivity index (χ4n) is 4.10. The number of carbonyl (C=O) groups is 1. The van der Waals surface area contributed by atoms with E-state index < -0.39 is 10.0 Å².